The van der Waals surface area contributed by atoms with Gasteiger partial charge in [-0.3, -0.25) is 0 Å². The van der Waals surface area contributed by atoms with Crippen molar-refractivity contribution in [3.8, 4) is 0 Å². The average Bonchev–Trinajstić information content (AvgIpc) is 2.01. The standard InChI is InChI=1S/C11H14N2/c1-11(2,3)8-9-6-5-7-10(12-4)13-9/h5-7H,8H2,1-3H3. The molecule has 0 aliphatic rings. The fraction of sp³-hybridized carbons (Fsp3) is 0.455. The Hall–Kier alpha value is -1.36. The Bertz CT molecular complexity index is 329. The second-order valence-electron chi connectivity index (χ2n) is 4.34. The number of aromatic nitrogens is 1. The molecule has 0 radical (unpaired) electrons. The molecular formula is C11H14N2. The molecule has 0 aromatic carbocycles. The lowest BCUT2D eigenvalue weighted by molar-refractivity contribution is 0.406. The zero-order valence-electron chi connectivity index (χ0n) is 8.33. The predicted molar refractivity (Wildman–Crippen MR) is 53.7 cm³/mol. The second-order valence-corrected chi connectivity index (χ2v) is 4.34. The molecule has 0 spiro atoms. The topological polar surface area (TPSA) is 17.2 Å². The monoisotopic (exact) mass is 174 g/mol. The molecule has 1 rings (SSSR count). The van der Waals surface area contributed by atoms with Gasteiger partial charge in [0.05, 0.1) is 0 Å². The second kappa shape index (κ2) is 3.57. The van der Waals surface area contributed by atoms with Crippen molar-refractivity contribution in [2.75, 3.05) is 0 Å². The summed E-state index contributed by atoms with van der Waals surface area (Å²) in [4.78, 5) is 7.52. The van der Waals surface area contributed by atoms with Crippen LogP contribution in [0.1, 0.15) is 26.5 Å². The lowest BCUT2D eigenvalue weighted by Gasteiger charge is -2.15. The van der Waals surface area contributed by atoms with E-state index in [1.807, 2.05) is 12.1 Å². The molecule has 0 saturated heterocycles. The van der Waals surface area contributed by atoms with Gasteiger partial charge in [0.15, 0.2) is 0 Å². The highest BCUT2D eigenvalue weighted by Crippen LogP contribution is 2.20. The zero-order valence-corrected chi connectivity index (χ0v) is 8.33. The minimum Gasteiger partial charge on any atom is -0.361 e. The normalized spacial score (nSPS) is 10.9. The molecule has 2 heteroatoms. The molecule has 0 amide bonds. The first-order valence-corrected chi connectivity index (χ1v) is 4.35. The third kappa shape index (κ3) is 3.25. The van der Waals surface area contributed by atoms with Crippen LogP contribution in [0.3, 0.4) is 0 Å². The summed E-state index contributed by atoms with van der Waals surface area (Å²) in [6.07, 6.45) is 0.913. The average molecular weight is 174 g/mol. The largest absolute Gasteiger partial charge is 0.361 e. The number of hydrogen-bond acceptors (Lipinski definition) is 1. The summed E-state index contributed by atoms with van der Waals surface area (Å²) in [5, 5.41) is 0. The van der Waals surface area contributed by atoms with Crippen molar-refractivity contribution in [2.45, 2.75) is 27.2 Å². The van der Waals surface area contributed by atoms with E-state index in [2.05, 4.69) is 30.6 Å². The van der Waals surface area contributed by atoms with E-state index in [4.69, 9.17) is 6.57 Å². The first kappa shape index (κ1) is 9.73. The van der Waals surface area contributed by atoms with Crippen molar-refractivity contribution in [1.82, 2.24) is 4.98 Å². The molecule has 0 aliphatic carbocycles. The number of nitrogens with zero attached hydrogens (tertiary/aromatic N) is 2. The molecule has 1 aromatic rings. The van der Waals surface area contributed by atoms with Gasteiger partial charge >= 0.3 is 0 Å². The van der Waals surface area contributed by atoms with Crippen LogP contribution >= 0.6 is 0 Å². The van der Waals surface area contributed by atoms with Crippen molar-refractivity contribution < 1.29 is 0 Å². The van der Waals surface area contributed by atoms with Gasteiger partial charge in [-0.25, -0.2) is 0 Å². The quantitative estimate of drug-likeness (QED) is 0.597. The maximum atomic E-state index is 6.83. The summed E-state index contributed by atoms with van der Waals surface area (Å²) in [7, 11) is 0. The minimum absolute atomic E-state index is 0.230. The van der Waals surface area contributed by atoms with Gasteiger partial charge in [0, 0.05) is 6.42 Å². The molecule has 13 heavy (non-hydrogen) atoms. The molecule has 0 N–H and O–H groups in total. The Kier molecular flexibility index (Phi) is 2.67. The number of rotatable bonds is 1. The van der Waals surface area contributed by atoms with Crippen molar-refractivity contribution in [3.63, 3.8) is 0 Å². The Morgan fingerprint density at radius 2 is 2.08 bits per heavy atom. The van der Waals surface area contributed by atoms with Crippen LogP contribution in [0.5, 0.6) is 0 Å². The van der Waals surface area contributed by atoms with Crippen LogP contribution < -0.4 is 0 Å². The van der Waals surface area contributed by atoms with Crippen LogP contribution in [0.4, 0.5) is 5.82 Å². The van der Waals surface area contributed by atoms with Gasteiger partial charge in [-0.15, -0.1) is 4.98 Å². The summed E-state index contributed by atoms with van der Waals surface area (Å²) < 4.78 is 0. The summed E-state index contributed by atoms with van der Waals surface area (Å²) >= 11 is 0. The van der Waals surface area contributed by atoms with E-state index in [9.17, 15) is 0 Å². The molecule has 0 bridgehead atoms. The molecule has 0 unspecified atom stereocenters. The van der Waals surface area contributed by atoms with Crippen LogP contribution in [0.15, 0.2) is 18.2 Å². The Morgan fingerprint density at radius 3 is 2.62 bits per heavy atom. The maximum absolute atomic E-state index is 6.83. The predicted octanol–water partition coefficient (Wildman–Crippen LogP) is 3.22. The summed E-state index contributed by atoms with van der Waals surface area (Å²) in [6, 6.07) is 5.60. The van der Waals surface area contributed by atoms with Crippen molar-refractivity contribution in [3.05, 3.63) is 35.3 Å². The third-order valence-electron chi connectivity index (χ3n) is 1.62. The van der Waals surface area contributed by atoms with Gasteiger partial charge in [0.1, 0.15) is 5.69 Å². The lowest BCUT2D eigenvalue weighted by atomic mass is 9.90. The fourth-order valence-electron chi connectivity index (χ4n) is 1.17. The molecule has 0 aliphatic heterocycles. The maximum Gasteiger partial charge on any atom is 0.269 e. The van der Waals surface area contributed by atoms with Crippen LogP contribution in [0.2, 0.25) is 0 Å². The van der Waals surface area contributed by atoms with Gasteiger partial charge in [-0.1, -0.05) is 33.4 Å². The Balaban J connectivity index is 2.86. The molecule has 0 atom stereocenters. The fourth-order valence-corrected chi connectivity index (χ4v) is 1.17. The van der Waals surface area contributed by atoms with Crippen molar-refractivity contribution in [1.29, 1.82) is 0 Å². The van der Waals surface area contributed by atoms with Gasteiger partial charge in [-0.2, -0.15) is 0 Å². The lowest BCUT2D eigenvalue weighted by Crippen LogP contribution is -2.10. The van der Waals surface area contributed by atoms with E-state index < -0.39 is 0 Å². The smallest absolute Gasteiger partial charge is 0.269 e. The van der Waals surface area contributed by atoms with Crippen LogP contribution in [-0.2, 0) is 6.42 Å². The Labute approximate surface area is 79.4 Å². The van der Waals surface area contributed by atoms with Crippen LogP contribution in [-0.4, -0.2) is 4.98 Å². The van der Waals surface area contributed by atoms with E-state index in [-0.39, 0.29) is 5.41 Å². The summed E-state index contributed by atoms with van der Waals surface area (Å²) in [5.41, 5.74) is 1.23. The van der Waals surface area contributed by atoms with Gasteiger partial charge in [-0.05, 0) is 17.5 Å². The Morgan fingerprint density at radius 1 is 1.38 bits per heavy atom. The number of pyridine rings is 1. The van der Waals surface area contributed by atoms with Gasteiger partial charge in [0.25, 0.3) is 5.82 Å². The van der Waals surface area contributed by atoms with E-state index >= 15 is 0 Å². The van der Waals surface area contributed by atoms with E-state index in [1.165, 1.54) is 0 Å². The molecule has 0 fully saturated rings. The van der Waals surface area contributed by atoms with Crippen LogP contribution in [0, 0.1) is 12.0 Å². The highest BCUT2D eigenvalue weighted by atomic mass is 14.9. The number of hydrogen-bond donors (Lipinski definition) is 0. The van der Waals surface area contributed by atoms with Crippen molar-refractivity contribution >= 4 is 5.82 Å². The van der Waals surface area contributed by atoms with E-state index in [1.54, 1.807) is 6.07 Å². The SMILES string of the molecule is [C-]#[N+]c1cccc(CC(C)(C)C)n1. The van der Waals surface area contributed by atoms with Gasteiger partial charge < -0.3 is 4.85 Å². The van der Waals surface area contributed by atoms with E-state index in [0.29, 0.717) is 5.82 Å². The molecule has 1 aromatic heterocycles. The molecule has 0 saturated carbocycles. The highest BCUT2D eigenvalue weighted by molar-refractivity contribution is 5.36. The molecule has 2 nitrogen and oxygen atoms in total. The first-order valence-electron chi connectivity index (χ1n) is 4.35. The van der Waals surface area contributed by atoms with E-state index in [0.717, 1.165) is 12.1 Å². The summed E-state index contributed by atoms with van der Waals surface area (Å²) in [5.74, 6) is 0.488. The van der Waals surface area contributed by atoms with Crippen molar-refractivity contribution in [2.24, 2.45) is 5.41 Å². The molecule has 1 heterocycles. The van der Waals surface area contributed by atoms with Crippen LogP contribution in [0.25, 0.3) is 4.85 Å². The third-order valence-corrected chi connectivity index (χ3v) is 1.62. The molecule has 68 valence electrons. The minimum atomic E-state index is 0.230. The highest BCUT2D eigenvalue weighted by Gasteiger charge is 2.14. The first-order chi connectivity index (χ1) is 6.01. The summed E-state index contributed by atoms with van der Waals surface area (Å²) in [6.45, 7) is 13.3. The zero-order chi connectivity index (χ0) is 9.90. The van der Waals surface area contributed by atoms with Gasteiger partial charge in [0.2, 0.25) is 0 Å². The molecular weight excluding hydrogens is 160 g/mol.